The predicted molar refractivity (Wildman–Crippen MR) is 98.7 cm³/mol. The van der Waals surface area contributed by atoms with Crippen molar-refractivity contribution in [1.29, 1.82) is 0 Å². The van der Waals surface area contributed by atoms with Crippen molar-refractivity contribution in [3.8, 4) is 0 Å². The number of fused-ring (bicyclic) bond motifs is 3. The molecular weight excluding hydrogens is 334 g/mol. The van der Waals surface area contributed by atoms with E-state index in [-0.39, 0.29) is 5.91 Å². The van der Waals surface area contributed by atoms with Crippen LogP contribution in [0.4, 0.5) is 0 Å². The summed E-state index contributed by atoms with van der Waals surface area (Å²) in [6.07, 6.45) is 0.829. The zero-order valence-corrected chi connectivity index (χ0v) is 14.3. The Morgan fingerprint density at radius 3 is 2.80 bits per heavy atom. The van der Waals surface area contributed by atoms with Crippen LogP contribution in [0.25, 0.3) is 16.8 Å². The summed E-state index contributed by atoms with van der Waals surface area (Å²) in [7, 11) is 0. The number of para-hydroxylation sites is 2. The van der Waals surface area contributed by atoms with E-state index in [0.717, 1.165) is 22.6 Å². The van der Waals surface area contributed by atoms with Crippen molar-refractivity contribution in [3.05, 3.63) is 60.2 Å². The van der Waals surface area contributed by atoms with Crippen LogP contribution in [0.15, 0.2) is 59.8 Å². The molecule has 2 aromatic carbocycles. The first-order valence-corrected chi connectivity index (χ1v) is 9.05. The van der Waals surface area contributed by atoms with Crippen molar-refractivity contribution < 1.29 is 4.79 Å². The van der Waals surface area contributed by atoms with Gasteiger partial charge in [0.05, 0.1) is 16.8 Å². The van der Waals surface area contributed by atoms with Crippen LogP contribution in [0.5, 0.6) is 0 Å². The maximum absolute atomic E-state index is 12.1. The van der Waals surface area contributed by atoms with E-state index in [1.54, 1.807) is 0 Å². The average molecular weight is 351 g/mol. The second-order valence-corrected chi connectivity index (χ2v) is 6.58. The fourth-order valence-corrected chi connectivity index (χ4v) is 3.50. The van der Waals surface area contributed by atoms with E-state index in [1.165, 1.54) is 17.3 Å². The number of carbonyl (C=O) groups excluding carboxylic acids is 1. The molecule has 6 nitrogen and oxygen atoms in total. The molecule has 0 saturated carbocycles. The van der Waals surface area contributed by atoms with Crippen molar-refractivity contribution in [2.24, 2.45) is 0 Å². The van der Waals surface area contributed by atoms with Gasteiger partial charge in [-0.1, -0.05) is 54.2 Å². The maximum Gasteiger partial charge on any atom is 0.231 e. The lowest BCUT2D eigenvalue weighted by Crippen LogP contribution is -2.27. The van der Waals surface area contributed by atoms with Gasteiger partial charge in [-0.05, 0) is 24.1 Å². The molecule has 0 aliphatic carbocycles. The monoisotopic (exact) mass is 351 g/mol. The second kappa shape index (κ2) is 6.98. The molecule has 7 heteroatoms. The summed E-state index contributed by atoms with van der Waals surface area (Å²) >= 11 is 1.40. The first-order chi connectivity index (χ1) is 12.3. The Morgan fingerprint density at radius 2 is 1.92 bits per heavy atom. The lowest BCUT2D eigenvalue weighted by atomic mass is 10.1. The molecule has 0 atom stereocenters. The quantitative estimate of drug-likeness (QED) is 0.524. The van der Waals surface area contributed by atoms with Crippen molar-refractivity contribution in [1.82, 2.24) is 24.9 Å². The summed E-state index contributed by atoms with van der Waals surface area (Å²) in [4.78, 5) is 16.5. The lowest BCUT2D eigenvalue weighted by molar-refractivity contribution is -0.118. The van der Waals surface area contributed by atoms with Crippen LogP contribution in [0.3, 0.4) is 0 Å². The SMILES string of the molecule is O=C(CSc1n[nH]c2nc3ccccc3n12)NCCc1ccccc1. The first-order valence-electron chi connectivity index (χ1n) is 8.06. The van der Waals surface area contributed by atoms with E-state index in [0.29, 0.717) is 18.1 Å². The number of nitrogens with one attached hydrogen (secondary N) is 2. The molecule has 2 aromatic heterocycles. The van der Waals surface area contributed by atoms with Gasteiger partial charge >= 0.3 is 0 Å². The van der Waals surface area contributed by atoms with Crippen LogP contribution in [-0.4, -0.2) is 37.8 Å². The minimum absolute atomic E-state index is 0.00139. The molecule has 0 saturated heterocycles. The molecule has 0 spiro atoms. The normalized spacial score (nSPS) is 11.2. The number of hydrogen-bond acceptors (Lipinski definition) is 4. The highest BCUT2D eigenvalue weighted by Gasteiger charge is 2.13. The minimum atomic E-state index is 0.00139. The van der Waals surface area contributed by atoms with Gasteiger partial charge in [0.2, 0.25) is 11.7 Å². The van der Waals surface area contributed by atoms with Crippen molar-refractivity contribution in [2.75, 3.05) is 12.3 Å². The van der Waals surface area contributed by atoms with E-state index in [1.807, 2.05) is 46.9 Å². The van der Waals surface area contributed by atoms with Gasteiger partial charge in [-0.25, -0.2) is 10.1 Å². The Kier molecular flexibility index (Phi) is 4.39. The molecule has 4 rings (SSSR count). The standard InChI is InChI=1S/C18H17N5OS/c24-16(19-11-10-13-6-2-1-3-7-13)12-25-18-22-21-17-20-14-8-4-5-9-15(14)23(17)18/h1-9H,10-12H2,(H,19,24)(H,20,21). The zero-order valence-electron chi connectivity index (χ0n) is 13.5. The summed E-state index contributed by atoms with van der Waals surface area (Å²) < 4.78 is 1.94. The third kappa shape index (κ3) is 3.36. The fraction of sp³-hybridized carbons (Fsp3) is 0.167. The number of imidazole rings is 1. The summed E-state index contributed by atoms with van der Waals surface area (Å²) in [6.45, 7) is 0.632. The van der Waals surface area contributed by atoms with Crippen LogP contribution in [0.2, 0.25) is 0 Å². The number of aromatic amines is 1. The average Bonchev–Trinajstić information content (AvgIpc) is 3.20. The highest BCUT2D eigenvalue weighted by atomic mass is 32.2. The topological polar surface area (TPSA) is 75.1 Å². The van der Waals surface area contributed by atoms with E-state index in [4.69, 9.17) is 0 Å². The fourth-order valence-electron chi connectivity index (χ4n) is 2.71. The van der Waals surface area contributed by atoms with Gasteiger partial charge in [-0.3, -0.25) is 9.20 Å². The van der Waals surface area contributed by atoms with E-state index in [2.05, 4.69) is 32.6 Å². The molecule has 25 heavy (non-hydrogen) atoms. The number of aromatic nitrogens is 4. The molecule has 2 N–H and O–H groups in total. The smallest absolute Gasteiger partial charge is 0.231 e. The maximum atomic E-state index is 12.1. The van der Waals surface area contributed by atoms with Crippen molar-refractivity contribution in [3.63, 3.8) is 0 Å². The molecule has 0 fully saturated rings. The van der Waals surface area contributed by atoms with Gasteiger partial charge < -0.3 is 5.32 Å². The van der Waals surface area contributed by atoms with Crippen molar-refractivity contribution in [2.45, 2.75) is 11.6 Å². The molecule has 0 radical (unpaired) electrons. The minimum Gasteiger partial charge on any atom is -0.355 e. The number of nitrogens with zero attached hydrogens (tertiary/aromatic N) is 3. The Labute approximate surface area is 148 Å². The molecule has 126 valence electrons. The highest BCUT2D eigenvalue weighted by Crippen LogP contribution is 2.22. The Morgan fingerprint density at radius 1 is 1.12 bits per heavy atom. The van der Waals surface area contributed by atoms with Crippen LogP contribution in [0, 0.1) is 0 Å². The van der Waals surface area contributed by atoms with Gasteiger partial charge in [0.25, 0.3) is 0 Å². The van der Waals surface area contributed by atoms with E-state index >= 15 is 0 Å². The van der Waals surface area contributed by atoms with Gasteiger partial charge in [0, 0.05) is 6.54 Å². The number of rotatable bonds is 6. The predicted octanol–water partition coefficient (Wildman–Crippen LogP) is 2.66. The number of H-pyrrole nitrogens is 1. The van der Waals surface area contributed by atoms with Crippen molar-refractivity contribution >= 4 is 34.5 Å². The third-order valence-corrected chi connectivity index (χ3v) is 4.85. The summed E-state index contributed by atoms with van der Waals surface area (Å²) in [5.74, 6) is 1.01. The van der Waals surface area contributed by atoms with Gasteiger partial charge in [0.1, 0.15) is 0 Å². The molecule has 4 aromatic rings. The lowest BCUT2D eigenvalue weighted by Gasteiger charge is -2.04. The number of hydrogen-bond donors (Lipinski definition) is 2. The van der Waals surface area contributed by atoms with Gasteiger partial charge in [-0.15, -0.1) is 5.10 Å². The number of benzene rings is 2. The molecule has 2 heterocycles. The molecule has 0 aliphatic rings. The summed E-state index contributed by atoms with van der Waals surface area (Å²) in [5.41, 5.74) is 3.11. The Hall–Kier alpha value is -2.80. The van der Waals surface area contributed by atoms with Gasteiger partial charge in [0.15, 0.2) is 5.16 Å². The summed E-state index contributed by atoms with van der Waals surface area (Å²) in [6, 6.07) is 18.0. The Bertz CT molecular complexity index is 1010. The van der Waals surface area contributed by atoms with Crippen LogP contribution < -0.4 is 5.32 Å². The first kappa shape index (κ1) is 15.7. The third-order valence-electron chi connectivity index (χ3n) is 3.91. The number of amides is 1. The second-order valence-electron chi connectivity index (χ2n) is 5.64. The molecular formula is C18H17N5OS. The van der Waals surface area contributed by atoms with E-state index < -0.39 is 0 Å². The number of thioether (sulfide) groups is 1. The molecule has 0 aliphatic heterocycles. The molecule has 0 bridgehead atoms. The van der Waals surface area contributed by atoms with E-state index in [9.17, 15) is 4.79 Å². The number of carbonyl (C=O) groups is 1. The summed E-state index contributed by atoms with van der Waals surface area (Å²) in [5, 5.41) is 10.9. The van der Waals surface area contributed by atoms with Crippen LogP contribution >= 0.6 is 11.8 Å². The largest absolute Gasteiger partial charge is 0.355 e. The van der Waals surface area contributed by atoms with Crippen LogP contribution in [-0.2, 0) is 11.2 Å². The zero-order chi connectivity index (χ0) is 17.1. The van der Waals surface area contributed by atoms with Crippen LogP contribution in [0.1, 0.15) is 5.56 Å². The molecule has 1 amide bonds. The van der Waals surface area contributed by atoms with Gasteiger partial charge in [-0.2, -0.15) is 0 Å². The highest BCUT2D eigenvalue weighted by molar-refractivity contribution is 7.99. The molecule has 0 unspecified atom stereocenters. The Balaban J connectivity index is 1.36.